The van der Waals surface area contributed by atoms with E-state index in [1.54, 1.807) is 0 Å². The normalized spacial score (nSPS) is 20.1. The van der Waals surface area contributed by atoms with Gasteiger partial charge in [0.05, 0.1) is 0 Å². The van der Waals surface area contributed by atoms with Crippen molar-refractivity contribution in [2.24, 2.45) is 0 Å². The molecule has 1 atom stereocenters. The molecule has 0 saturated carbocycles. The summed E-state index contributed by atoms with van der Waals surface area (Å²) in [6, 6.07) is 11.6. The fraction of sp³-hybridized carbons (Fsp3) is 0.538. The van der Waals surface area contributed by atoms with E-state index in [1.165, 1.54) is 43.0 Å². The van der Waals surface area contributed by atoms with Gasteiger partial charge in [0.1, 0.15) is 0 Å². The van der Waals surface area contributed by atoms with Gasteiger partial charge in [0.2, 0.25) is 0 Å². The maximum absolute atomic E-state index is 2.65. The van der Waals surface area contributed by atoms with Crippen molar-refractivity contribution < 1.29 is 0 Å². The molecule has 0 radical (unpaired) electrons. The van der Waals surface area contributed by atoms with Crippen LogP contribution < -0.4 is 0 Å². The quantitative estimate of drug-likeness (QED) is 0.670. The molecule has 0 aliphatic carbocycles. The van der Waals surface area contributed by atoms with Gasteiger partial charge in [-0.15, -0.1) is 0 Å². The monoisotopic (exact) mass is 195 g/mol. The molecule has 1 aromatic carbocycles. The molecular weight excluding hydrogens is 177 g/mol. The van der Waals surface area contributed by atoms with Gasteiger partial charge in [-0.3, -0.25) is 0 Å². The van der Waals surface area contributed by atoms with Crippen LogP contribution in [0.4, 0.5) is 0 Å². The Hall–Kier alpha value is -0.223. The third kappa shape index (κ3) is 2.88. The fourth-order valence-corrected chi connectivity index (χ4v) is 2.61. The molecule has 1 aliphatic heterocycles. The van der Waals surface area contributed by atoms with E-state index in [2.05, 4.69) is 52.9 Å². The minimum absolute atomic E-state index is 0.645. The Morgan fingerprint density at radius 3 is 2.33 bits per heavy atom. The number of hydrogen-bond acceptors (Lipinski definition) is 1. The van der Waals surface area contributed by atoms with Gasteiger partial charge in [0, 0.05) is 0 Å². The summed E-state index contributed by atoms with van der Waals surface area (Å²) >= 11 is 2.30. The van der Waals surface area contributed by atoms with Gasteiger partial charge >= 0.3 is 102 Å². The molecule has 1 heterocycles. The first-order valence-electron chi connectivity index (χ1n) is 6.21. The summed E-state index contributed by atoms with van der Waals surface area (Å²) in [5.41, 5.74) is 1.49. The Balaban J connectivity index is 2.09. The zero-order chi connectivity index (χ0) is 10.5. The molecule has 1 nitrogen and oxygen atoms in total. The molecule has 15 heavy (non-hydrogen) atoms. The van der Waals surface area contributed by atoms with Gasteiger partial charge in [0.15, 0.2) is 0 Å². The van der Waals surface area contributed by atoms with E-state index >= 15 is 0 Å². The molecule has 1 aromatic rings. The second kappa shape index (κ2) is 5.75. The van der Waals surface area contributed by atoms with Crippen molar-refractivity contribution in [3.05, 3.63) is 35.9 Å². The van der Waals surface area contributed by atoms with E-state index in [-0.39, 0.29) is 0 Å². The van der Waals surface area contributed by atoms with E-state index in [0.29, 0.717) is 6.04 Å². The summed E-state index contributed by atoms with van der Waals surface area (Å²) in [5.74, 6) is 0. The Morgan fingerprint density at radius 2 is 1.73 bits per heavy atom. The van der Waals surface area contributed by atoms with E-state index in [9.17, 15) is 0 Å². The third-order valence-corrected chi connectivity index (χ3v) is 3.40. The second-order valence-electron chi connectivity index (χ2n) is 4.43. The number of benzene rings is 1. The van der Waals surface area contributed by atoms with E-state index in [0.717, 1.165) is 0 Å². The maximum atomic E-state index is 2.65. The van der Waals surface area contributed by atoms with Gasteiger partial charge in [-0.2, -0.15) is 0 Å². The number of rotatable bonds is 3. The van der Waals surface area contributed by atoms with Crippen LogP contribution in [-0.2, 0) is 0 Å². The SMILES string of the molecule is [Li][CH2]C(c1ccccc1)N1CCCCC1. The van der Waals surface area contributed by atoms with E-state index in [4.69, 9.17) is 0 Å². The predicted molar refractivity (Wildman–Crippen MR) is 65.2 cm³/mol. The average molecular weight is 195 g/mol. The topological polar surface area (TPSA) is 3.24 Å². The van der Waals surface area contributed by atoms with Crippen LogP contribution in [0.2, 0.25) is 5.09 Å². The van der Waals surface area contributed by atoms with Crippen LogP contribution >= 0.6 is 0 Å². The first-order chi connectivity index (χ1) is 7.42. The van der Waals surface area contributed by atoms with Gasteiger partial charge in [-0.25, -0.2) is 0 Å². The van der Waals surface area contributed by atoms with Crippen molar-refractivity contribution >= 4 is 17.7 Å². The van der Waals surface area contributed by atoms with Crippen molar-refractivity contribution in [3.63, 3.8) is 0 Å². The molecule has 1 fully saturated rings. The molecule has 1 aliphatic rings. The molecule has 0 amide bonds. The van der Waals surface area contributed by atoms with Crippen molar-refractivity contribution in [2.45, 2.75) is 30.4 Å². The molecule has 2 heteroatoms. The zero-order valence-electron chi connectivity index (χ0n) is 9.65. The minimum atomic E-state index is 0.645. The summed E-state index contributed by atoms with van der Waals surface area (Å²) in [7, 11) is 0. The zero-order valence-corrected chi connectivity index (χ0v) is 9.65. The van der Waals surface area contributed by atoms with Gasteiger partial charge in [0.25, 0.3) is 0 Å². The summed E-state index contributed by atoms with van der Waals surface area (Å²) in [4.78, 5) is 2.65. The summed E-state index contributed by atoms with van der Waals surface area (Å²) in [6.45, 7) is 2.57. The number of nitrogens with zero attached hydrogens (tertiary/aromatic N) is 1. The first kappa shape index (κ1) is 11.3. The molecule has 0 bridgehead atoms. The number of piperidine rings is 1. The molecule has 0 spiro atoms. The van der Waals surface area contributed by atoms with Crippen LogP contribution in [0.15, 0.2) is 30.3 Å². The van der Waals surface area contributed by atoms with Crippen molar-refractivity contribution in [3.8, 4) is 0 Å². The Bertz CT molecular complexity index is 280. The third-order valence-electron chi connectivity index (χ3n) is 3.40. The second-order valence-corrected chi connectivity index (χ2v) is 4.43. The molecule has 0 N–H and O–H groups in total. The molecule has 1 unspecified atom stereocenters. The molecule has 2 rings (SSSR count). The van der Waals surface area contributed by atoms with Crippen LogP contribution in [0.25, 0.3) is 0 Å². The van der Waals surface area contributed by atoms with E-state index < -0.39 is 0 Å². The predicted octanol–water partition coefficient (Wildman–Crippen LogP) is 2.80. The molecule has 0 aromatic heterocycles. The van der Waals surface area contributed by atoms with Crippen LogP contribution in [0.3, 0.4) is 0 Å². The van der Waals surface area contributed by atoms with Crippen LogP contribution in [0.1, 0.15) is 30.9 Å². The Morgan fingerprint density at radius 1 is 1.07 bits per heavy atom. The summed E-state index contributed by atoms with van der Waals surface area (Å²) in [5, 5.41) is 1.23. The van der Waals surface area contributed by atoms with Gasteiger partial charge < -0.3 is 0 Å². The summed E-state index contributed by atoms with van der Waals surface area (Å²) in [6.07, 6.45) is 4.17. The standard InChI is InChI=1S/C13H18N.Li/c1-12(13-8-4-2-5-9-13)14-10-6-3-7-11-14;/h2,4-5,8-9,12H,1,3,6-7,10-11H2;. The van der Waals surface area contributed by atoms with Crippen molar-refractivity contribution in [2.75, 3.05) is 13.1 Å². The van der Waals surface area contributed by atoms with Crippen LogP contribution in [0, 0.1) is 0 Å². The van der Waals surface area contributed by atoms with Crippen LogP contribution in [-0.4, -0.2) is 35.7 Å². The molecule has 76 valence electrons. The van der Waals surface area contributed by atoms with Crippen molar-refractivity contribution in [1.82, 2.24) is 4.90 Å². The number of likely N-dealkylation sites (tertiary alicyclic amines) is 1. The first-order valence-corrected chi connectivity index (χ1v) is 6.21. The Labute approximate surface area is 102 Å². The van der Waals surface area contributed by atoms with Gasteiger partial charge in [-0.05, 0) is 0 Å². The Kier molecular flexibility index (Phi) is 4.32. The molecular formula is C13H18LiN. The molecule has 1 saturated heterocycles. The number of hydrogen-bond donors (Lipinski definition) is 0. The fourth-order valence-electron chi connectivity index (χ4n) is 2.61. The average Bonchev–Trinajstić information content (AvgIpc) is 2.33. The van der Waals surface area contributed by atoms with E-state index in [1.807, 2.05) is 0 Å². The van der Waals surface area contributed by atoms with Crippen molar-refractivity contribution in [1.29, 1.82) is 0 Å². The van der Waals surface area contributed by atoms with Gasteiger partial charge in [-0.1, -0.05) is 0 Å². The van der Waals surface area contributed by atoms with Crippen LogP contribution in [0.5, 0.6) is 0 Å². The summed E-state index contributed by atoms with van der Waals surface area (Å²) < 4.78 is 0.